The maximum Gasteiger partial charge on any atom is 0.213 e. The first-order chi connectivity index (χ1) is 15.1. The van der Waals surface area contributed by atoms with Crippen LogP contribution in [0.4, 0.5) is 0 Å². The standard InChI is InChI=1S/C23H36N4O3SSi/c1-6-31(28,29)26-12-9-18(2)20(16-26)21-8-7-19-15-24-23-22(27(19)21)10-11-25(23)17-30-13-14-32(3,4)5/h7-8,10-11,15,18,20H,6,9,12-14,16-17H2,1-5H3/t18-,20+/m1/s1. The molecule has 0 aromatic carbocycles. The van der Waals surface area contributed by atoms with Gasteiger partial charge in [0.1, 0.15) is 6.73 Å². The van der Waals surface area contributed by atoms with Crippen LogP contribution in [0.5, 0.6) is 0 Å². The zero-order valence-electron chi connectivity index (χ0n) is 19.9. The number of nitrogens with zero attached hydrogens (tertiary/aromatic N) is 4. The topological polar surface area (TPSA) is 68.8 Å². The number of fused-ring (bicyclic) bond motifs is 3. The number of hydrogen-bond acceptors (Lipinski definition) is 4. The van der Waals surface area contributed by atoms with Crippen LogP contribution in [-0.4, -0.2) is 60.2 Å². The molecule has 0 radical (unpaired) electrons. The Morgan fingerprint density at radius 2 is 2.00 bits per heavy atom. The molecule has 4 rings (SSSR count). The molecule has 0 saturated carbocycles. The first-order valence-corrected chi connectivity index (χ1v) is 16.9. The Bertz CT molecular complexity index is 1200. The van der Waals surface area contributed by atoms with Gasteiger partial charge in [0.05, 0.1) is 23.0 Å². The minimum Gasteiger partial charge on any atom is -0.361 e. The van der Waals surface area contributed by atoms with Gasteiger partial charge < -0.3 is 13.7 Å². The second-order valence-electron chi connectivity index (χ2n) is 10.3. The van der Waals surface area contributed by atoms with Crippen molar-refractivity contribution in [1.29, 1.82) is 0 Å². The Morgan fingerprint density at radius 1 is 1.22 bits per heavy atom. The maximum absolute atomic E-state index is 12.5. The number of hydrogen-bond donors (Lipinski definition) is 0. The lowest BCUT2D eigenvalue weighted by Gasteiger charge is -2.36. The van der Waals surface area contributed by atoms with Gasteiger partial charge in [0, 0.05) is 45.6 Å². The first kappa shape index (κ1) is 23.5. The van der Waals surface area contributed by atoms with Crippen LogP contribution in [0.3, 0.4) is 0 Å². The molecule has 0 spiro atoms. The summed E-state index contributed by atoms with van der Waals surface area (Å²) in [5.74, 6) is 0.707. The average molecular weight is 477 g/mol. The molecule has 1 aliphatic heterocycles. The summed E-state index contributed by atoms with van der Waals surface area (Å²) in [5, 5.41) is 0. The number of aromatic nitrogens is 3. The summed E-state index contributed by atoms with van der Waals surface area (Å²) in [6.45, 7) is 13.4. The first-order valence-electron chi connectivity index (χ1n) is 11.6. The van der Waals surface area contributed by atoms with Crippen LogP contribution in [0.1, 0.15) is 31.9 Å². The summed E-state index contributed by atoms with van der Waals surface area (Å²) < 4.78 is 37.0. The summed E-state index contributed by atoms with van der Waals surface area (Å²) in [6, 6.07) is 7.46. The van der Waals surface area contributed by atoms with Crippen molar-refractivity contribution in [2.75, 3.05) is 25.4 Å². The molecule has 0 unspecified atom stereocenters. The van der Waals surface area contributed by atoms with E-state index in [1.807, 2.05) is 12.4 Å². The lowest BCUT2D eigenvalue weighted by molar-refractivity contribution is 0.0899. The second kappa shape index (κ2) is 8.93. The largest absolute Gasteiger partial charge is 0.361 e. The van der Waals surface area contributed by atoms with E-state index in [0.29, 0.717) is 25.7 Å². The molecule has 0 aliphatic carbocycles. The maximum atomic E-state index is 12.5. The summed E-state index contributed by atoms with van der Waals surface area (Å²) in [6.07, 6.45) is 4.81. The molecule has 176 valence electrons. The van der Waals surface area contributed by atoms with Gasteiger partial charge in [-0.15, -0.1) is 0 Å². The molecule has 0 N–H and O–H groups in total. The molecule has 3 aromatic heterocycles. The Morgan fingerprint density at radius 3 is 2.72 bits per heavy atom. The number of sulfonamides is 1. The van der Waals surface area contributed by atoms with Crippen LogP contribution in [0.2, 0.25) is 25.7 Å². The zero-order valence-corrected chi connectivity index (χ0v) is 21.7. The van der Waals surface area contributed by atoms with Crippen LogP contribution in [0.25, 0.3) is 16.7 Å². The molecule has 1 saturated heterocycles. The van der Waals surface area contributed by atoms with E-state index < -0.39 is 18.1 Å². The Hall–Kier alpha value is -1.68. The van der Waals surface area contributed by atoms with Crippen molar-refractivity contribution >= 4 is 34.8 Å². The van der Waals surface area contributed by atoms with Gasteiger partial charge in [0.2, 0.25) is 10.0 Å². The van der Waals surface area contributed by atoms with E-state index in [9.17, 15) is 8.42 Å². The monoisotopic (exact) mass is 476 g/mol. The third kappa shape index (κ3) is 4.66. The molecule has 2 atom stereocenters. The van der Waals surface area contributed by atoms with Crippen molar-refractivity contribution < 1.29 is 13.2 Å². The molecule has 1 fully saturated rings. The van der Waals surface area contributed by atoms with E-state index in [1.54, 1.807) is 11.2 Å². The van der Waals surface area contributed by atoms with Gasteiger partial charge in [-0.3, -0.25) is 0 Å². The molecule has 7 nitrogen and oxygen atoms in total. The van der Waals surface area contributed by atoms with E-state index in [1.165, 1.54) is 0 Å². The molecule has 4 heterocycles. The fraction of sp³-hybridized carbons (Fsp3) is 0.609. The molecule has 9 heteroatoms. The molecular formula is C23H36N4O3SSi. The third-order valence-electron chi connectivity index (χ3n) is 6.70. The predicted octanol–water partition coefficient (Wildman–Crippen LogP) is 4.38. The predicted molar refractivity (Wildman–Crippen MR) is 132 cm³/mol. The minimum absolute atomic E-state index is 0.148. The van der Waals surface area contributed by atoms with Crippen LogP contribution in [-0.2, 0) is 21.5 Å². The highest BCUT2D eigenvalue weighted by atomic mass is 32.2. The van der Waals surface area contributed by atoms with Crippen LogP contribution < -0.4 is 0 Å². The quantitative estimate of drug-likeness (QED) is 0.357. The fourth-order valence-corrected chi connectivity index (χ4v) is 6.43. The van der Waals surface area contributed by atoms with Gasteiger partial charge in [-0.1, -0.05) is 26.6 Å². The molecular weight excluding hydrogens is 440 g/mol. The van der Waals surface area contributed by atoms with Crippen LogP contribution in [0, 0.1) is 5.92 Å². The SMILES string of the molecule is CCS(=O)(=O)N1CC[C@@H](C)[C@@H](c2ccc3cnc4c(ccn4COCC[Si](C)(C)C)n23)C1. The molecule has 0 amide bonds. The summed E-state index contributed by atoms with van der Waals surface area (Å²) >= 11 is 0. The average Bonchev–Trinajstić information content (AvgIpc) is 3.34. The van der Waals surface area contributed by atoms with Crippen molar-refractivity contribution in [2.24, 2.45) is 5.92 Å². The van der Waals surface area contributed by atoms with Gasteiger partial charge in [-0.25, -0.2) is 17.7 Å². The van der Waals surface area contributed by atoms with E-state index in [2.05, 4.69) is 53.7 Å². The molecule has 32 heavy (non-hydrogen) atoms. The second-order valence-corrected chi connectivity index (χ2v) is 18.1. The van der Waals surface area contributed by atoms with E-state index in [-0.39, 0.29) is 11.7 Å². The smallest absolute Gasteiger partial charge is 0.213 e. The van der Waals surface area contributed by atoms with Gasteiger partial charge >= 0.3 is 0 Å². The van der Waals surface area contributed by atoms with Crippen molar-refractivity contribution in [3.05, 3.63) is 36.3 Å². The Balaban J connectivity index is 1.64. The van der Waals surface area contributed by atoms with Crippen molar-refractivity contribution in [2.45, 2.75) is 58.6 Å². The molecule has 3 aromatic rings. The normalized spacial score (nSPS) is 21.0. The highest BCUT2D eigenvalue weighted by molar-refractivity contribution is 7.89. The lowest BCUT2D eigenvalue weighted by Crippen LogP contribution is -2.43. The Labute approximate surface area is 192 Å². The van der Waals surface area contributed by atoms with E-state index >= 15 is 0 Å². The van der Waals surface area contributed by atoms with Gasteiger partial charge in [-0.05, 0) is 43.5 Å². The number of piperidine rings is 1. The number of ether oxygens (including phenoxy) is 1. The molecule has 0 bridgehead atoms. The van der Waals surface area contributed by atoms with E-state index in [4.69, 9.17) is 9.72 Å². The van der Waals surface area contributed by atoms with Crippen LogP contribution in [0.15, 0.2) is 30.6 Å². The van der Waals surface area contributed by atoms with E-state index in [0.717, 1.165) is 41.4 Å². The van der Waals surface area contributed by atoms with Crippen molar-refractivity contribution in [3.8, 4) is 0 Å². The summed E-state index contributed by atoms with van der Waals surface area (Å²) in [7, 11) is -4.31. The Kier molecular flexibility index (Phi) is 6.55. The van der Waals surface area contributed by atoms with Crippen molar-refractivity contribution in [3.63, 3.8) is 0 Å². The highest BCUT2D eigenvalue weighted by Gasteiger charge is 2.34. The lowest BCUT2D eigenvalue weighted by atomic mass is 9.85. The highest BCUT2D eigenvalue weighted by Crippen LogP contribution is 2.35. The van der Waals surface area contributed by atoms with Gasteiger partial charge in [0.25, 0.3) is 0 Å². The van der Waals surface area contributed by atoms with Gasteiger partial charge in [0.15, 0.2) is 5.65 Å². The fourth-order valence-electron chi connectivity index (χ4n) is 4.54. The van der Waals surface area contributed by atoms with Crippen LogP contribution >= 0.6 is 0 Å². The molecule has 1 aliphatic rings. The summed E-state index contributed by atoms with van der Waals surface area (Å²) in [4.78, 5) is 4.71. The third-order valence-corrected chi connectivity index (χ3v) is 10.3. The minimum atomic E-state index is -3.19. The van der Waals surface area contributed by atoms with Gasteiger partial charge in [-0.2, -0.15) is 0 Å². The van der Waals surface area contributed by atoms with Crippen molar-refractivity contribution in [1.82, 2.24) is 18.3 Å². The zero-order chi connectivity index (χ0) is 23.1. The summed E-state index contributed by atoms with van der Waals surface area (Å²) in [5.41, 5.74) is 4.13. The number of rotatable bonds is 8.